The SMILES string of the molecule is COC(=O)c1nc(-c2ccc(OC(F)(F)F)cc2)nc(NCc2ccco2)c1Cl. The molecular formula is C18H13ClF3N3O4. The van der Waals surface area contributed by atoms with Gasteiger partial charge in [0, 0.05) is 5.56 Å². The second-order valence-corrected chi connectivity index (χ2v) is 5.93. The largest absolute Gasteiger partial charge is 0.573 e. The van der Waals surface area contributed by atoms with Gasteiger partial charge in [-0.1, -0.05) is 11.6 Å². The second kappa shape index (κ2) is 8.39. The Labute approximate surface area is 167 Å². The van der Waals surface area contributed by atoms with E-state index in [1.54, 1.807) is 12.1 Å². The highest BCUT2D eigenvalue weighted by Crippen LogP contribution is 2.30. The first-order valence-corrected chi connectivity index (χ1v) is 8.43. The van der Waals surface area contributed by atoms with Crippen molar-refractivity contribution in [3.8, 4) is 17.1 Å². The Morgan fingerprint density at radius 2 is 1.93 bits per heavy atom. The minimum absolute atomic E-state index is 0.0512. The zero-order valence-electron chi connectivity index (χ0n) is 14.8. The summed E-state index contributed by atoms with van der Waals surface area (Å²) in [5.41, 5.74) is 0.138. The number of furan rings is 1. The van der Waals surface area contributed by atoms with E-state index in [-0.39, 0.29) is 28.9 Å². The number of halogens is 4. The highest BCUT2D eigenvalue weighted by molar-refractivity contribution is 6.35. The van der Waals surface area contributed by atoms with Crippen LogP contribution in [0.15, 0.2) is 47.1 Å². The molecule has 11 heteroatoms. The van der Waals surface area contributed by atoms with Crippen molar-refractivity contribution in [3.05, 3.63) is 59.1 Å². The topological polar surface area (TPSA) is 86.5 Å². The summed E-state index contributed by atoms with van der Waals surface area (Å²) in [4.78, 5) is 20.4. The summed E-state index contributed by atoms with van der Waals surface area (Å²) < 4.78 is 50.7. The molecule has 0 atom stereocenters. The smallest absolute Gasteiger partial charge is 0.467 e. The number of hydrogen-bond donors (Lipinski definition) is 1. The minimum Gasteiger partial charge on any atom is -0.467 e. The van der Waals surface area contributed by atoms with Crippen LogP contribution in [0.2, 0.25) is 5.02 Å². The van der Waals surface area contributed by atoms with Gasteiger partial charge in [-0.3, -0.25) is 0 Å². The maximum atomic E-state index is 12.3. The first-order chi connectivity index (χ1) is 13.8. The quantitative estimate of drug-likeness (QED) is 0.571. The van der Waals surface area contributed by atoms with Crippen LogP contribution in [-0.4, -0.2) is 29.4 Å². The zero-order valence-corrected chi connectivity index (χ0v) is 15.5. The van der Waals surface area contributed by atoms with E-state index < -0.39 is 18.1 Å². The molecule has 0 unspecified atom stereocenters. The standard InChI is InChI=1S/C18H13ClF3N3O4/c1-27-17(26)14-13(19)16(23-9-12-3-2-8-28-12)25-15(24-14)10-4-6-11(7-5-10)29-18(20,21)22/h2-8H,9H2,1H3,(H,23,24,25). The third kappa shape index (κ3) is 5.17. The average molecular weight is 428 g/mol. The van der Waals surface area contributed by atoms with Crippen LogP contribution in [-0.2, 0) is 11.3 Å². The average Bonchev–Trinajstić information content (AvgIpc) is 3.19. The molecule has 0 aliphatic heterocycles. The van der Waals surface area contributed by atoms with Crippen molar-refractivity contribution in [2.45, 2.75) is 12.9 Å². The molecule has 3 rings (SSSR count). The van der Waals surface area contributed by atoms with Gasteiger partial charge in [0.15, 0.2) is 11.5 Å². The van der Waals surface area contributed by atoms with Crippen LogP contribution in [0.25, 0.3) is 11.4 Å². The van der Waals surface area contributed by atoms with Gasteiger partial charge in [-0.2, -0.15) is 0 Å². The molecule has 1 aromatic carbocycles. The molecule has 0 saturated carbocycles. The number of methoxy groups -OCH3 is 1. The number of carbonyl (C=O) groups is 1. The van der Waals surface area contributed by atoms with Crippen molar-refractivity contribution in [1.29, 1.82) is 0 Å². The predicted molar refractivity (Wildman–Crippen MR) is 96.5 cm³/mol. The second-order valence-electron chi connectivity index (χ2n) is 5.56. The van der Waals surface area contributed by atoms with Crippen molar-refractivity contribution in [2.24, 2.45) is 0 Å². The van der Waals surface area contributed by atoms with Gasteiger partial charge >= 0.3 is 12.3 Å². The minimum atomic E-state index is -4.81. The fourth-order valence-corrected chi connectivity index (χ4v) is 2.54. The van der Waals surface area contributed by atoms with Crippen molar-refractivity contribution in [2.75, 3.05) is 12.4 Å². The summed E-state index contributed by atoms with van der Waals surface area (Å²) in [5.74, 6) is -0.426. The lowest BCUT2D eigenvalue weighted by Crippen LogP contribution is -2.17. The van der Waals surface area contributed by atoms with Crippen LogP contribution in [0.1, 0.15) is 16.2 Å². The van der Waals surface area contributed by atoms with Crippen LogP contribution in [0.4, 0.5) is 19.0 Å². The van der Waals surface area contributed by atoms with Crippen molar-refractivity contribution >= 4 is 23.4 Å². The third-order valence-corrected chi connectivity index (χ3v) is 3.94. The van der Waals surface area contributed by atoms with Gasteiger partial charge in [0.2, 0.25) is 0 Å². The highest BCUT2D eigenvalue weighted by Gasteiger charge is 2.31. The van der Waals surface area contributed by atoms with Gasteiger partial charge in [0.1, 0.15) is 22.4 Å². The van der Waals surface area contributed by atoms with Gasteiger partial charge in [-0.25, -0.2) is 14.8 Å². The zero-order chi connectivity index (χ0) is 21.0. The first kappa shape index (κ1) is 20.5. The molecule has 0 aliphatic carbocycles. The molecule has 1 N–H and O–H groups in total. The fourth-order valence-electron chi connectivity index (χ4n) is 2.31. The molecule has 0 saturated heterocycles. The summed E-state index contributed by atoms with van der Waals surface area (Å²) in [6, 6.07) is 8.28. The summed E-state index contributed by atoms with van der Waals surface area (Å²) in [5, 5.41) is 2.86. The summed E-state index contributed by atoms with van der Waals surface area (Å²) in [6.07, 6.45) is -3.31. The molecule has 29 heavy (non-hydrogen) atoms. The maximum absolute atomic E-state index is 12.3. The lowest BCUT2D eigenvalue weighted by atomic mass is 10.2. The number of anilines is 1. The molecule has 0 spiro atoms. The Kier molecular flexibility index (Phi) is 5.92. The first-order valence-electron chi connectivity index (χ1n) is 8.05. The summed E-state index contributed by atoms with van der Waals surface area (Å²) in [6.45, 7) is 0.224. The number of nitrogens with one attached hydrogen (secondary N) is 1. The molecule has 7 nitrogen and oxygen atoms in total. The third-order valence-electron chi connectivity index (χ3n) is 3.59. The van der Waals surface area contributed by atoms with Crippen molar-refractivity contribution < 1.29 is 31.9 Å². The Bertz CT molecular complexity index is 993. The Morgan fingerprint density at radius 1 is 1.21 bits per heavy atom. The molecule has 0 bridgehead atoms. The molecule has 2 heterocycles. The molecule has 0 aliphatic rings. The van der Waals surface area contributed by atoms with Gasteiger partial charge in [-0.05, 0) is 36.4 Å². The molecule has 0 fully saturated rings. The lowest BCUT2D eigenvalue weighted by Gasteiger charge is -2.12. The molecule has 152 valence electrons. The molecule has 0 amide bonds. The van der Waals surface area contributed by atoms with Crippen LogP contribution in [0.3, 0.4) is 0 Å². The molecule has 0 radical (unpaired) electrons. The Hall–Kier alpha value is -3.27. The maximum Gasteiger partial charge on any atom is 0.573 e. The van der Waals surface area contributed by atoms with E-state index in [1.807, 2.05) is 0 Å². The number of rotatable bonds is 6. The lowest BCUT2D eigenvalue weighted by molar-refractivity contribution is -0.274. The normalized spacial score (nSPS) is 11.2. The van der Waals surface area contributed by atoms with E-state index in [0.717, 1.165) is 12.1 Å². The number of ether oxygens (including phenoxy) is 2. The van der Waals surface area contributed by atoms with Gasteiger partial charge < -0.3 is 19.2 Å². The van der Waals surface area contributed by atoms with Gasteiger partial charge in [0.25, 0.3) is 0 Å². The van der Waals surface area contributed by atoms with Crippen LogP contribution < -0.4 is 10.1 Å². The molecule has 2 aromatic heterocycles. The van der Waals surface area contributed by atoms with E-state index in [1.165, 1.54) is 25.5 Å². The molecule has 3 aromatic rings. The van der Waals surface area contributed by atoms with E-state index in [0.29, 0.717) is 11.3 Å². The Balaban J connectivity index is 1.94. The number of nitrogens with zero attached hydrogens (tertiary/aromatic N) is 2. The van der Waals surface area contributed by atoms with Gasteiger partial charge in [0.05, 0.1) is 19.9 Å². The van der Waals surface area contributed by atoms with E-state index >= 15 is 0 Å². The summed E-state index contributed by atoms with van der Waals surface area (Å²) >= 11 is 6.22. The number of carbonyl (C=O) groups excluding carboxylic acids is 1. The number of aromatic nitrogens is 2. The number of esters is 1. The van der Waals surface area contributed by atoms with Crippen LogP contribution in [0.5, 0.6) is 5.75 Å². The van der Waals surface area contributed by atoms with Gasteiger partial charge in [-0.15, -0.1) is 13.2 Å². The number of hydrogen-bond acceptors (Lipinski definition) is 7. The number of benzene rings is 1. The van der Waals surface area contributed by atoms with Crippen LogP contribution in [0, 0.1) is 0 Å². The van der Waals surface area contributed by atoms with E-state index in [9.17, 15) is 18.0 Å². The summed E-state index contributed by atoms with van der Waals surface area (Å²) in [7, 11) is 1.17. The van der Waals surface area contributed by atoms with E-state index in [4.69, 9.17) is 16.0 Å². The fraction of sp³-hybridized carbons (Fsp3) is 0.167. The highest BCUT2D eigenvalue weighted by atomic mass is 35.5. The molecular weight excluding hydrogens is 415 g/mol. The monoisotopic (exact) mass is 427 g/mol. The van der Waals surface area contributed by atoms with Crippen molar-refractivity contribution in [3.63, 3.8) is 0 Å². The predicted octanol–water partition coefficient (Wildman–Crippen LogP) is 4.69. The van der Waals surface area contributed by atoms with Crippen LogP contribution >= 0.6 is 11.6 Å². The number of alkyl halides is 3. The van der Waals surface area contributed by atoms with Crippen molar-refractivity contribution in [1.82, 2.24) is 9.97 Å². The van der Waals surface area contributed by atoms with E-state index in [2.05, 4.69) is 24.8 Å². The Morgan fingerprint density at radius 3 is 2.52 bits per heavy atom.